The molecule has 1 aromatic heterocycles. The molecule has 2 aromatic carbocycles. The average molecular weight is 362 g/mol. The van der Waals surface area contributed by atoms with Crippen molar-refractivity contribution < 1.29 is 14.4 Å². The highest BCUT2D eigenvalue weighted by atomic mass is 35.5. The summed E-state index contributed by atoms with van der Waals surface area (Å²) in [4.78, 5) is 14.6. The van der Waals surface area contributed by atoms with Gasteiger partial charge in [0.2, 0.25) is 0 Å². The third-order valence-corrected chi connectivity index (χ3v) is 4.00. The number of nitro groups is 1. The number of nitrogens with one attached hydrogen (secondary N) is 1. The molecular weight excluding hydrogens is 349 g/mol. The summed E-state index contributed by atoms with van der Waals surface area (Å²) in [6.45, 7) is 0.118. The van der Waals surface area contributed by atoms with Crippen molar-refractivity contribution >= 4 is 34.0 Å². The molecule has 0 saturated heterocycles. The Morgan fingerprint density at radius 1 is 1.24 bits per heavy atom. The van der Waals surface area contributed by atoms with E-state index in [0.717, 1.165) is 0 Å². The molecule has 0 radical (unpaired) electrons. The van der Waals surface area contributed by atoms with Crippen LogP contribution in [0.15, 0.2) is 48.5 Å². The maximum absolute atomic E-state index is 13.4. The molecular formula is C17H13ClFN3O3. The highest BCUT2D eigenvalue weighted by molar-refractivity contribution is 6.30. The zero-order chi connectivity index (χ0) is 18.0. The predicted octanol–water partition coefficient (Wildman–Crippen LogP) is 4.08. The van der Waals surface area contributed by atoms with Crippen molar-refractivity contribution in [2.24, 2.45) is 0 Å². The van der Waals surface area contributed by atoms with Crippen LogP contribution in [0.3, 0.4) is 0 Å². The van der Waals surface area contributed by atoms with Gasteiger partial charge in [-0.1, -0.05) is 17.7 Å². The lowest BCUT2D eigenvalue weighted by molar-refractivity contribution is -0.384. The third kappa shape index (κ3) is 3.84. The maximum atomic E-state index is 13.4. The van der Waals surface area contributed by atoms with E-state index in [0.29, 0.717) is 22.3 Å². The summed E-state index contributed by atoms with van der Waals surface area (Å²) in [7, 11) is 0. The number of anilines is 1. The second-order valence-electron chi connectivity index (χ2n) is 5.40. The van der Waals surface area contributed by atoms with Gasteiger partial charge in [-0.05, 0) is 35.9 Å². The van der Waals surface area contributed by atoms with Crippen molar-refractivity contribution in [3.8, 4) is 0 Å². The van der Waals surface area contributed by atoms with Crippen molar-refractivity contribution in [2.75, 3.05) is 11.9 Å². The predicted molar refractivity (Wildman–Crippen MR) is 93.3 cm³/mol. The van der Waals surface area contributed by atoms with Crippen LogP contribution in [0.2, 0.25) is 5.02 Å². The Kier molecular flexibility index (Phi) is 4.78. The number of aliphatic hydroxyl groups excluding tert-OH is 1. The smallest absolute Gasteiger partial charge is 0.270 e. The van der Waals surface area contributed by atoms with Crippen molar-refractivity contribution in [3.63, 3.8) is 0 Å². The first-order chi connectivity index (χ1) is 11.9. The minimum absolute atomic E-state index is 0.00445. The number of fused-ring (bicyclic) bond motifs is 1. The Morgan fingerprint density at radius 3 is 2.76 bits per heavy atom. The van der Waals surface area contributed by atoms with Gasteiger partial charge in [0.25, 0.3) is 5.69 Å². The van der Waals surface area contributed by atoms with E-state index >= 15 is 0 Å². The fourth-order valence-electron chi connectivity index (χ4n) is 2.36. The van der Waals surface area contributed by atoms with Crippen LogP contribution in [0.4, 0.5) is 15.9 Å². The number of nitrogens with zero attached hydrogens (tertiary/aromatic N) is 2. The molecule has 3 aromatic rings. The van der Waals surface area contributed by atoms with Crippen molar-refractivity contribution in [1.29, 1.82) is 0 Å². The first kappa shape index (κ1) is 17.1. The molecule has 0 aliphatic heterocycles. The number of rotatable bonds is 5. The number of hydrogen-bond donors (Lipinski definition) is 2. The molecule has 1 unspecified atom stereocenters. The van der Waals surface area contributed by atoms with E-state index in [9.17, 15) is 19.6 Å². The Hall–Kier alpha value is -2.77. The van der Waals surface area contributed by atoms with Crippen LogP contribution in [-0.4, -0.2) is 21.6 Å². The van der Waals surface area contributed by atoms with Crippen LogP contribution in [0.5, 0.6) is 0 Å². The van der Waals surface area contributed by atoms with Crippen LogP contribution in [-0.2, 0) is 0 Å². The summed E-state index contributed by atoms with van der Waals surface area (Å²) < 4.78 is 13.4. The summed E-state index contributed by atoms with van der Waals surface area (Å²) in [5, 5.41) is 24.5. The lowest BCUT2D eigenvalue weighted by Gasteiger charge is -2.13. The molecule has 3 rings (SSSR count). The Bertz CT molecular complexity index is 952. The molecule has 1 atom stereocenters. The number of nitro benzene ring substituents is 1. The van der Waals surface area contributed by atoms with Crippen LogP contribution in [0, 0.1) is 15.9 Å². The molecule has 0 amide bonds. The van der Waals surface area contributed by atoms with Gasteiger partial charge >= 0.3 is 0 Å². The van der Waals surface area contributed by atoms with E-state index in [4.69, 9.17) is 11.6 Å². The van der Waals surface area contributed by atoms with E-state index in [1.54, 1.807) is 24.3 Å². The van der Waals surface area contributed by atoms with E-state index in [2.05, 4.69) is 10.3 Å². The van der Waals surface area contributed by atoms with Crippen molar-refractivity contribution in [2.45, 2.75) is 6.10 Å². The first-order valence-corrected chi connectivity index (χ1v) is 7.74. The number of halogens is 2. The largest absolute Gasteiger partial charge is 0.387 e. The SMILES string of the molecule is O=[N+]([O-])c1ccc2nc(NCC(O)c3ccc(Cl)c(F)c3)ccc2c1. The lowest BCUT2D eigenvalue weighted by Crippen LogP contribution is -2.13. The molecule has 0 saturated carbocycles. The normalized spacial score (nSPS) is 12.1. The Balaban J connectivity index is 1.73. The summed E-state index contributed by atoms with van der Waals surface area (Å²) in [5.41, 5.74) is 0.976. The van der Waals surface area contributed by atoms with Gasteiger partial charge in [0.15, 0.2) is 0 Å². The Labute approximate surface area is 147 Å². The summed E-state index contributed by atoms with van der Waals surface area (Å²) in [5.74, 6) is -0.0986. The summed E-state index contributed by atoms with van der Waals surface area (Å²) in [6, 6.07) is 11.8. The van der Waals surface area contributed by atoms with E-state index in [1.165, 1.54) is 24.3 Å². The molecule has 0 bridgehead atoms. The molecule has 8 heteroatoms. The highest BCUT2D eigenvalue weighted by Gasteiger charge is 2.11. The fraction of sp³-hybridized carbons (Fsp3) is 0.118. The number of aliphatic hydroxyl groups is 1. The molecule has 128 valence electrons. The zero-order valence-electron chi connectivity index (χ0n) is 12.8. The van der Waals surface area contributed by atoms with Crippen LogP contribution in [0.1, 0.15) is 11.7 Å². The summed E-state index contributed by atoms with van der Waals surface area (Å²) >= 11 is 5.62. The molecule has 0 aliphatic rings. The number of non-ortho nitro benzene ring substituents is 1. The number of aromatic nitrogens is 1. The minimum Gasteiger partial charge on any atom is -0.387 e. The van der Waals surface area contributed by atoms with Gasteiger partial charge in [0.05, 0.1) is 21.6 Å². The Morgan fingerprint density at radius 2 is 2.04 bits per heavy atom. The second kappa shape index (κ2) is 7.00. The number of benzene rings is 2. The van der Waals surface area contributed by atoms with Gasteiger partial charge in [-0.2, -0.15) is 0 Å². The second-order valence-corrected chi connectivity index (χ2v) is 5.81. The van der Waals surface area contributed by atoms with Gasteiger partial charge in [-0.3, -0.25) is 10.1 Å². The maximum Gasteiger partial charge on any atom is 0.270 e. The number of pyridine rings is 1. The monoisotopic (exact) mass is 361 g/mol. The fourth-order valence-corrected chi connectivity index (χ4v) is 2.48. The van der Waals surface area contributed by atoms with Crippen molar-refractivity contribution in [3.05, 3.63) is 75.0 Å². The standard InChI is InChI=1S/C17H13ClFN3O3/c18-13-4-1-11(8-14(13)19)16(23)9-20-17-6-2-10-7-12(22(24)25)3-5-15(10)21-17/h1-8,16,23H,9H2,(H,20,21). The zero-order valence-corrected chi connectivity index (χ0v) is 13.6. The molecule has 25 heavy (non-hydrogen) atoms. The van der Waals surface area contributed by atoms with E-state index in [-0.39, 0.29) is 17.3 Å². The van der Waals surface area contributed by atoms with Gasteiger partial charge in [0, 0.05) is 24.1 Å². The van der Waals surface area contributed by atoms with Crippen molar-refractivity contribution in [1.82, 2.24) is 4.98 Å². The first-order valence-electron chi connectivity index (χ1n) is 7.36. The third-order valence-electron chi connectivity index (χ3n) is 3.69. The minimum atomic E-state index is -0.943. The van der Waals surface area contributed by atoms with E-state index in [1.807, 2.05) is 0 Å². The number of hydrogen-bond acceptors (Lipinski definition) is 5. The molecule has 0 fully saturated rings. The van der Waals surface area contributed by atoms with E-state index < -0.39 is 16.8 Å². The lowest BCUT2D eigenvalue weighted by atomic mass is 10.1. The average Bonchev–Trinajstić information content (AvgIpc) is 2.61. The van der Waals surface area contributed by atoms with Gasteiger partial charge < -0.3 is 10.4 Å². The molecule has 2 N–H and O–H groups in total. The van der Waals surface area contributed by atoms with Gasteiger partial charge in [-0.15, -0.1) is 0 Å². The highest BCUT2D eigenvalue weighted by Crippen LogP contribution is 2.23. The quantitative estimate of drug-likeness (QED) is 0.528. The summed E-state index contributed by atoms with van der Waals surface area (Å²) in [6.07, 6.45) is -0.943. The molecule has 0 spiro atoms. The van der Waals surface area contributed by atoms with Crippen LogP contribution >= 0.6 is 11.6 Å². The molecule has 1 heterocycles. The topological polar surface area (TPSA) is 88.3 Å². The van der Waals surface area contributed by atoms with Gasteiger partial charge in [0.1, 0.15) is 11.6 Å². The van der Waals surface area contributed by atoms with Gasteiger partial charge in [-0.25, -0.2) is 9.37 Å². The van der Waals surface area contributed by atoms with Crippen LogP contribution in [0.25, 0.3) is 10.9 Å². The molecule has 6 nitrogen and oxygen atoms in total. The van der Waals surface area contributed by atoms with Crippen LogP contribution < -0.4 is 5.32 Å². The molecule has 0 aliphatic carbocycles.